The van der Waals surface area contributed by atoms with E-state index in [1.165, 1.54) is 19.2 Å². The maximum atomic E-state index is 14.7. The van der Waals surface area contributed by atoms with E-state index in [2.05, 4.69) is 0 Å². The molecule has 0 radical (unpaired) electrons. The topological polar surface area (TPSA) is 90.0 Å². The summed E-state index contributed by atoms with van der Waals surface area (Å²) in [5, 5.41) is 1.07. The largest absolute Gasteiger partial charge is 0.489 e. The van der Waals surface area contributed by atoms with Crippen LogP contribution >= 0.6 is 23.2 Å². The van der Waals surface area contributed by atoms with E-state index < -0.39 is 26.4 Å². The molecule has 45 heavy (non-hydrogen) atoms. The second kappa shape index (κ2) is 12.6. The van der Waals surface area contributed by atoms with Gasteiger partial charge in [-0.3, -0.25) is 9.59 Å². The standard InChI is InChI=1S/C34H34Cl2FNO6S/c1-43-33(40)22-4-2-21(3-5-22)32(39)38-17-16-34(45(41,42)28-11-8-26(37)9-12-28)29-13-10-27(19-23(29)6-15-31(34)38)44-20-24-18-25(35)7-14-30(24)36/h7-14,18-19,21-22,31H,2-6,15-17,20H2,1H3/t21?,22?,31-,34-/m1/s1. The molecule has 11 heteroatoms. The van der Waals surface area contributed by atoms with Crippen LogP contribution in [0.25, 0.3) is 0 Å². The molecule has 1 heterocycles. The lowest BCUT2D eigenvalue weighted by molar-refractivity contribution is -0.149. The minimum Gasteiger partial charge on any atom is -0.489 e. The number of methoxy groups -OCH3 is 1. The number of hydrogen-bond acceptors (Lipinski definition) is 6. The molecular weight excluding hydrogens is 640 g/mol. The molecule has 1 saturated heterocycles. The fraction of sp³-hybridized carbons (Fsp3) is 0.412. The van der Waals surface area contributed by atoms with Crippen molar-refractivity contribution < 1.29 is 31.9 Å². The van der Waals surface area contributed by atoms with E-state index in [4.69, 9.17) is 32.7 Å². The van der Waals surface area contributed by atoms with Crippen LogP contribution in [0.3, 0.4) is 0 Å². The lowest BCUT2D eigenvalue weighted by Crippen LogP contribution is -2.53. The number of nitrogens with zero attached hydrogens (tertiary/aromatic N) is 1. The number of ether oxygens (including phenoxy) is 2. The van der Waals surface area contributed by atoms with Gasteiger partial charge in [0.1, 0.15) is 22.9 Å². The summed E-state index contributed by atoms with van der Waals surface area (Å²) >= 11 is 12.4. The Kier molecular flexibility index (Phi) is 8.89. The molecule has 0 unspecified atom stereocenters. The van der Waals surface area contributed by atoms with Crippen molar-refractivity contribution in [2.24, 2.45) is 11.8 Å². The third-order valence-electron chi connectivity index (χ3n) is 9.76. The first-order valence-corrected chi connectivity index (χ1v) is 17.4. The van der Waals surface area contributed by atoms with Crippen molar-refractivity contribution >= 4 is 44.9 Å². The number of aryl methyl sites for hydroxylation is 1. The van der Waals surface area contributed by atoms with Gasteiger partial charge in [-0.15, -0.1) is 0 Å². The van der Waals surface area contributed by atoms with E-state index in [-0.39, 0.29) is 48.2 Å². The highest BCUT2D eigenvalue weighted by Crippen LogP contribution is 2.53. The zero-order chi connectivity index (χ0) is 31.9. The van der Waals surface area contributed by atoms with Crippen molar-refractivity contribution in [3.05, 3.63) is 93.2 Å². The Morgan fingerprint density at radius 3 is 2.38 bits per heavy atom. The van der Waals surface area contributed by atoms with Gasteiger partial charge in [0.05, 0.1) is 24.0 Å². The normalized spacial score (nSPS) is 24.4. The van der Waals surface area contributed by atoms with Crippen LogP contribution < -0.4 is 4.74 Å². The maximum Gasteiger partial charge on any atom is 0.308 e. The Bertz CT molecular complexity index is 1720. The Hall–Kier alpha value is -3.14. The van der Waals surface area contributed by atoms with Crippen molar-refractivity contribution in [2.45, 2.75) is 67.2 Å². The summed E-state index contributed by atoms with van der Waals surface area (Å²) in [6.45, 7) is 0.464. The van der Waals surface area contributed by atoms with Gasteiger partial charge in [-0.25, -0.2) is 12.8 Å². The molecule has 2 fully saturated rings. The summed E-state index contributed by atoms with van der Waals surface area (Å²) in [6.07, 6.45) is 3.43. The Morgan fingerprint density at radius 2 is 1.67 bits per heavy atom. The van der Waals surface area contributed by atoms with Gasteiger partial charge < -0.3 is 14.4 Å². The van der Waals surface area contributed by atoms with E-state index >= 15 is 0 Å². The molecule has 2 aliphatic carbocycles. The zero-order valence-corrected chi connectivity index (χ0v) is 27.1. The second-order valence-electron chi connectivity index (χ2n) is 12.1. The number of halogens is 3. The number of likely N-dealkylation sites (tertiary alicyclic amines) is 1. The minimum atomic E-state index is -4.08. The van der Waals surface area contributed by atoms with Crippen LogP contribution in [-0.4, -0.2) is 44.9 Å². The molecule has 238 valence electrons. The first kappa shape index (κ1) is 31.8. The SMILES string of the molecule is COC(=O)C1CCC(C(=O)N2CC[C@@]3(S(=O)(=O)c4ccc(F)cc4)c4ccc(OCc5cc(Cl)ccc5Cl)cc4CC[C@@H]23)CC1. The highest BCUT2D eigenvalue weighted by molar-refractivity contribution is 7.92. The van der Waals surface area contributed by atoms with E-state index in [9.17, 15) is 22.4 Å². The molecule has 0 spiro atoms. The van der Waals surface area contributed by atoms with Crippen LogP contribution in [0, 0.1) is 17.7 Å². The average Bonchev–Trinajstić information content (AvgIpc) is 3.46. The van der Waals surface area contributed by atoms with Gasteiger partial charge in [0.25, 0.3) is 0 Å². The molecule has 1 aliphatic heterocycles. The molecule has 7 nitrogen and oxygen atoms in total. The molecule has 3 aromatic carbocycles. The molecule has 0 bridgehead atoms. The lowest BCUT2D eigenvalue weighted by Gasteiger charge is -2.43. The van der Waals surface area contributed by atoms with Crippen LogP contribution in [0.5, 0.6) is 5.75 Å². The van der Waals surface area contributed by atoms with Crippen LogP contribution in [-0.2, 0) is 41.9 Å². The fourth-order valence-corrected chi connectivity index (χ4v) is 10.2. The van der Waals surface area contributed by atoms with Gasteiger partial charge in [0.15, 0.2) is 9.84 Å². The van der Waals surface area contributed by atoms with Gasteiger partial charge in [-0.2, -0.15) is 0 Å². The van der Waals surface area contributed by atoms with Crippen molar-refractivity contribution in [1.29, 1.82) is 0 Å². The number of hydrogen-bond donors (Lipinski definition) is 0. The quantitative estimate of drug-likeness (QED) is 0.200. The molecule has 1 amide bonds. The summed E-state index contributed by atoms with van der Waals surface area (Å²) in [5.41, 5.74) is 2.20. The van der Waals surface area contributed by atoms with E-state index in [1.807, 2.05) is 6.07 Å². The first-order chi connectivity index (χ1) is 21.5. The minimum absolute atomic E-state index is 0.0190. The molecule has 0 N–H and O–H groups in total. The predicted octanol–water partition coefficient (Wildman–Crippen LogP) is 6.91. The smallest absolute Gasteiger partial charge is 0.308 e. The molecular formula is C34H34Cl2FNO6S. The summed E-state index contributed by atoms with van der Waals surface area (Å²) in [7, 11) is -2.71. The number of benzene rings is 3. The Balaban J connectivity index is 1.33. The Labute approximate surface area is 272 Å². The molecule has 0 aromatic heterocycles. The van der Waals surface area contributed by atoms with Gasteiger partial charge in [0, 0.05) is 28.1 Å². The summed E-state index contributed by atoms with van der Waals surface area (Å²) < 4.78 is 52.7. The lowest BCUT2D eigenvalue weighted by atomic mass is 9.77. The molecule has 3 aliphatic rings. The van der Waals surface area contributed by atoms with E-state index in [0.717, 1.165) is 23.3 Å². The summed E-state index contributed by atoms with van der Waals surface area (Å²) in [6, 6.07) is 14.9. The van der Waals surface area contributed by atoms with Gasteiger partial charge in [-0.1, -0.05) is 29.3 Å². The fourth-order valence-electron chi connectivity index (χ4n) is 7.47. The second-order valence-corrected chi connectivity index (χ2v) is 15.1. The number of carbonyl (C=O) groups is 2. The number of rotatable bonds is 7. The van der Waals surface area contributed by atoms with Gasteiger partial charge in [-0.05, 0) is 111 Å². The van der Waals surface area contributed by atoms with E-state index in [1.54, 1.807) is 35.2 Å². The molecule has 2 atom stereocenters. The maximum absolute atomic E-state index is 14.7. The van der Waals surface area contributed by atoms with Crippen LogP contribution in [0.1, 0.15) is 55.2 Å². The number of fused-ring (bicyclic) bond motifs is 3. The third-order valence-corrected chi connectivity index (χ3v) is 12.9. The van der Waals surface area contributed by atoms with Gasteiger partial charge in [0.2, 0.25) is 5.91 Å². The number of esters is 1. The highest BCUT2D eigenvalue weighted by Gasteiger charge is 2.61. The molecule has 1 saturated carbocycles. The van der Waals surface area contributed by atoms with Crippen LogP contribution in [0.4, 0.5) is 4.39 Å². The highest BCUT2D eigenvalue weighted by atomic mass is 35.5. The van der Waals surface area contributed by atoms with Crippen LogP contribution in [0.2, 0.25) is 10.0 Å². The predicted molar refractivity (Wildman–Crippen MR) is 168 cm³/mol. The summed E-state index contributed by atoms with van der Waals surface area (Å²) in [4.78, 5) is 27.8. The molecule has 3 aromatic rings. The summed E-state index contributed by atoms with van der Waals surface area (Å²) in [5.74, 6) is -0.796. The number of carbonyl (C=O) groups excluding carboxylic acids is 2. The monoisotopic (exact) mass is 673 g/mol. The van der Waals surface area contributed by atoms with Crippen molar-refractivity contribution in [2.75, 3.05) is 13.7 Å². The van der Waals surface area contributed by atoms with E-state index in [0.29, 0.717) is 59.9 Å². The van der Waals surface area contributed by atoms with Crippen LogP contribution in [0.15, 0.2) is 65.6 Å². The van der Waals surface area contributed by atoms with Crippen molar-refractivity contribution in [1.82, 2.24) is 4.90 Å². The number of sulfone groups is 1. The molecule has 6 rings (SSSR count). The third kappa shape index (κ3) is 5.72. The van der Waals surface area contributed by atoms with Gasteiger partial charge >= 0.3 is 5.97 Å². The first-order valence-electron chi connectivity index (χ1n) is 15.1. The van der Waals surface area contributed by atoms with Crippen molar-refractivity contribution in [3.63, 3.8) is 0 Å². The van der Waals surface area contributed by atoms with Crippen molar-refractivity contribution in [3.8, 4) is 5.75 Å². The zero-order valence-electron chi connectivity index (χ0n) is 24.8. The number of amides is 1. The average molecular weight is 675 g/mol. The Morgan fingerprint density at radius 1 is 0.956 bits per heavy atom.